The molecule has 1 aliphatic heterocycles. The molecule has 1 aromatic heterocycles. The number of hydrogen-bond donors (Lipinski definition) is 0. The first-order valence-electron chi connectivity index (χ1n) is 8.04. The third-order valence-electron chi connectivity index (χ3n) is 4.72. The van der Waals surface area contributed by atoms with Crippen LogP contribution in [0, 0.1) is 11.3 Å². The molecule has 0 amide bonds. The summed E-state index contributed by atoms with van der Waals surface area (Å²) in [5.41, 5.74) is 3.08. The number of benzene rings is 1. The average Bonchev–Trinajstić information content (AvgIpc) is 2.58. The Bertz CT molecular complexity index is 780. The summed E-state index contributed by atoms with van der Waals surface area (Å²) in [7, 11) is 1.78. The standard InChI is InChI=1S/C19H21N3O/c1-21-9-6-16(12-19(21)23)15-7-10-22(11-8-15)14-18-5-3-2-4-17(18)13-20/h2-6,9,12,15H,7-8,10-11,14H2,1H3. The number of aromatic nitrogens is 1. The summed E-state index contributed by atoms with van der Waals surface area (Å²) in [5, 5.41) is 9.19. The van der Waals surface area contributed by atoms with Crippen LogP contribution < -0.4 is 5.56 Å². The number of nitrogens with zero attached hydrogens (tertiary/aromatic N) is 3. The second-order valence-electron chi connectivity index (χ2n) is 6.23. The first-order valence-corrected chi connectivity index (χ1v) is 8.04. The Morgan fingerprint density at radius 2 is 1.96 bits per heavy atom. The zero-order chi connectivity index (χ0) is 16.2. The zero-order valence-electron chi connectivity index (χ0n) is 13.4. The van der Waals surface area contributed by atoms with Crippen LogP contribution in [0.5, 0.6) is 0 Å². The van der Waals surface area contributed by atoms with E-state index in [-0.39, 0.29) is 5.56 Å². The highest BCUT2D eigenvalue weighted by molar-refractivity contribution is 5.37. The van der Waals surface area contributed by atoms with E-state index in [2.05, 4.69) is 17.0 Å². The number of aryl methyl sites for hydroxylation is 1. The van der Waals surface area contributed by atoms with Crippen molar-refractivity contribution in [3.63, 3.8) is 0 Å². The molecule has 0 saturated carbocycles. The van der Waals surface area contributed by atoms with Crippen molar-refractivity contribution in [3.8, 4) is 6.07 Å². The Hall–Kier alpha value is -2.38. The van der Waals surface area contributed by atoms with Gasteiger partial charge in [-0.2, -0.15) is 5.26 Å². The lowest BCUT2D eigenvalue weighted by Gasteiger charge is -2.32. The highest BCUT2D eigenvalue weighted by atomic mass is 16.1. The van der Waals surface area contributed by atoms with Gasteiger partial charge in [0.1, 0.15) is 0 Å². The Balaban J connectivity index is 1.63. The average molecular weight is 307 g/mol. The summed E-state index contributed by atoms with van der Waals surface area (Å²) in [6.07, 6.45) is 3.97. The summed E-state index contributed by atoms with van der Waals surface area (Å²) >= 11 is 0. The minimum atomic E-state index is 0.0628. The lowest BCUT2D eigenvalue weighted by molar-refractivity contribution is 0.204. The quantitative estimate of drug-likeness (QED) is 0.876. The molecule has 4 nitrogen and oxygen atoms in total. The molecule has 2 aromatic rings. The van der Waals surface area contributed by atoms with E-state index in [0.29, 0.717) is 5.92 Å². The van der Waals surface area contributed by atoms with E-state index in [1.165, 1.54) is 0 Å². The van der Waals surface area contributed by atoms with E-state index in [4.69, 9.17) is 0 Å². The highest BCUT2D eigenvalue weighted by Crippen LogP contribution is 2.28. The third kappa shape index (κ3) is 3.52. The van der Waals surface area contributed by atoms with Crippen molar-refractivity contribution in [1.29, 1.82) is 5.26 Å². The molecule has 0 spiro atoms. The monoisotopic (exact) mass is 307 g/mol. The Kier molecular flexibility index (Phi) is 4.59. The lowest BCUT2D eigenvalue weighted by atomic mass is 9.90. The van der Waals surface area contributed by atoms with Crippen LogP contribution >= 0.6 is 0 Å². The van der Waals surface area contributed by atoms with Crippen molar-refractivity contribution in [1.82, 2.24) is 9.47 Å². The van der Waals surface area contributed by atoms with E-state index in [9.17, 15) is 10.1 Å². The second-order valence-corrected chi connectivity index (χ2v) is 6.23. The van der Waals surface area contributed by atoms with E-state index in [1.807, 2.05) is 30.5 Å². The number of rotatable bonds is 3. The molecule has 0 N–H and O–H groups in total. The van der Waals surface area contributed by atoms with Gasteiger partial charge in [0.05, 0.1) is 11.6 Å². The normalized spacial score (nSPS) is 16.2. The SMILES string of the molecule is Cn1ccc(C2CCN(Cc3ccccc3C#N)CC2)cc1=O. The van der Waals surface area contributed by atoms with E-state index in [1.54, 1.807) is 17.7 Å². The van der Waals surface area contributed by atoms with Gasteiger partial charge in [-0.3, -0.25) is 9.69 Å². The molecule has 0 aliphatic carbocycles. The minimum absolute atomic E-state index is 0.0628. The van der Waals surface area contributed by atoms with E-state index >= 15 is 0 Å². The number of nitriles is 1. The topological polar surface area (TPSA) is 49.0 Å². The van der Waals surface area contributed by atoms with Gasteiger partial charge in [0.2, 0.25) is 0 Å². The van der Waals surface area contributed by atoms with Gasteiger partial charge in [0.15, 0.2) is 0 Å². The fourth-order valence-corrected chi connectivity index (χ4v) is 3.25. The summed E-state index contributed by atoms with van der Waals surface area (Å²) in [6, 6.07) is 13.9. The molecule has 2 heterocycles. The Morgan fingerprint density at radius 1 is 1.22 bits per heavy atom. The van der Waals surface area contributed by atoms with Crippen molar-refractivity contribution in [3.05, 3.63) is 69.6 Å². The molecular formula is C19H21N3O. The summed E-state index contributed by atoms with van der Waals surface area (Å²) in [5.74, 6) is 0.464. The van der Waals surface area contributed by atoms with Crippen LogP contribution in [0.25, 0.3) is 0 Å². The molecule has 1 aliphatic rings. The maximum absolute atomic E-state index is 11.8. The summed E-state index contributed by atoms with van der Waals surface area (Å²) in [6.45, 7) is 2.83. The molecule has 4 heteroatoms. The molecule has 0 radical (unpaired) electrons. The van der Waals surface area contributed by atoms with Gasteiger partial charge in [-0.05, 0) is 55.1 Å². The van der Waals surface area contributed by atoms with Crippen molar-refractivity contribution >= 4 is 0 Å². The summed E-state index contributed by atoms with van der Waals surface area (Å²) < 4.78 is 1.61. The molecule has 1 saturated heterocycles. The zero-order valence-corrected chi connectivity index (χ0v) is 13.4. The van der Waals surface area contributed by atoms with Gasteiger partial charge < -0.3 is 4.57 Å². The van der Waals surface area contributed by atoms with Crippen LogP contribution in [0.3, 0.4) is 0 Å². The highest BCUT2D eigenvalue weighted by Gasteiger charge is 2.21. The fourth-order valence-electron chi connectivity index (χ4n) is 3.25. The van der Waals surface area contributed by atoms with Gasteiger partial charge in [-0.1, -0.05) is 18.2 Å². The minimum Gasteiger partial charge on any atom is -0.319 e. The number of likely N-dealkylation sites (tertiary alicyclic amines) is 1. The van der Waals surface area contributed by atoms with Crippen LogP contribution in [-0.2, 0) is 13.6 Å². The van der Waals surface area contributed by atoms with Gasteiger partial charge in [0.25, 0.3) is 5.56 Å². The first kappa shape index (κ1) is 15.5. The van der Waals surface area contributed by atoms with Crippen LogP contribution in [-0.4, -0.2) is 22.6 Å². The van der Waals surface area contributed by atoms with Crippen molar-refractivity contribution in [2.45, 2.75) is 25.3 Å². The maximum atomic E-state index is 11.8. The number of pyridine rings is 1. The molecular weight excluding hydrogens is 286 g/mol. The largest absolute Gasteiger partial charge is 0.319 e. The van der Waals surface area contributed by atoms with Gasteiger partial charge in [0, 0.05) is 25.9 Å². The third-order valence-corrected chi connectivity index (χ3v) is 4.72. The van der Waals surface area contributed by atoms with Gasteiger partial charge in [-0.15, -0.1) is 0 Å². The Labute approximate surface area is 136 Å². The first-order chi connectivity index (χ1) is 11.2. The molecule has 0 atom stereocenters. The van der Waals surface area contributed by atoms with E-state index in [0.717, 1.165) is 49.2 Å². The predicted molar refractivity (Wildman–Crippen MR) is 90.1 cm³/mol. The van der Waals surface area contributed by atoms with Crippen LogP contribution in [0.15, 0.2) is 47.4 Å². The summed E-state index contributed by atoms with van der Waals surface area (Å²) in [4.78, 5) is 14.2. The van der Waals surface area contributed by atoms with Crippen LogP contribution in [0.4, 0.5) is 0 Å². The van der Waals surface area contributed by atoms with Crippen molar-refractivity contribution in [2.24, 2.45) is 7.05 Å². The molecule has 0 unspecified atom stereocenters. The van der Waals surface area contributed by atoms with E-state index < -0.39 is 0 Å². The van der Waals surface area contributed by atoms with Crippen LogP contribution in [0.1, 0.15) is 35.4 Å². The van der Waals surface area contributed by atoms with Crippen molar-refractivity contribution < 1.29 is 0 Å². The predicted octanol–water partition coefficient (Wildman–Crippen LogP) is 2.64. The Morgan fingerprint density at radius 3 is 2.65 bits per heavy atom. The second kappa shape index (κ2) is 6.80. The molecule has 0 bridgehead atoms. The van der Waals surface area contributed by atoms with Gasteiger partial charge in [-0.25, -0.2) is 0 Å². The van der Waals surface area contributed by atoms with Crippen LogP contribution in [0.2, 0.25) is 0 Å². The fraction of sp³-hybridized carbons (Fsp3) is 0.368. The lowest BCUT2D eigenvalue weighted by Crippen LogP contribution is -2.33. The molecule has 3 rings (SSSR count). The molecule has 1 aromatic carbocycles. The van der Waals surface area contributed by atoms with Crippen molar-refractivity contribution in [2.75, 3.05) is 13.1 Å². The number of piperidine rings is 1. The number of hydrogen-bond acceptors (Lipinski definition) is 3. The molecule has 23 heavy (non-hydrogen) atoms. The maximum Gasteiger partial charge on any atom is 0.250 e. The molecule has 1 fully saturated rings. The van der Waals surface area contributed by atoms with Gasteiger partial charge >= 0.3 is 0 Å². The smallest absolute Gasteiger partial charge is 0.250 e. The molecule has 118 valence electrons.